The molecule has 23 heavy (non-hydrogen) atoms. The summed E-state index contributed by atoms with van der Waals surface area (Å²) >= 11 is 0. The molecule has 0 aromatic heterocycles. The van der Waals surface area contributed by atoms with Crippen molar-refractivity contribution in [3.8, 4) is 0 Å². The topological polar surface area (TPSA) is 53.2 Å². The van der Waals surface area contributed by atoms with Crippen LogP contribution in [-0.2, 0) is 4.79 Å². The van der Waals surface area contributed by atoms with Crippen LogP contribution in [0.5, 0.6) is 0 Å². The number of nitrogens with one attached hydrogen (secondary N) is 3. The minimum atomic E-state index is -0.0501. The van der Waals surface area contributed by atoms with Crippen LogP contribution in [0.3, 0.4) is 0 Å². The Balaban J connectivity index is 1.57. The molecule has 4 heteroatoms. The summed E-state index contributed by atoms with van der Waals surface area (Å²) in [6.07, 6.45) is 1.98. The Hall–Kier alpha value is -2.33. The van der Waals surface area contributed by atoms with Gasteiger partial charge in [0.1, 0.15) is 0 Å². The first-order chi connectivity index (χ1) is 11.2. The maximum atomic E-state index is 12.1. The zero-order valence-electron chi connectivity index (χ0n) is 13.4. The van der Waals surface area contributed by atoms with E-state index in [0.29, 0.717) is 0 Å². The lowest BCUT2D eigenvalue weighted by Gasteiger charge is -2.16. The number of carbonyl (C=O) groups excluding carboxylic acids is 1. The second-order valence-corrected chi connectivity index (χ2v) is 5.99. The van der Waals surface area contributed by atoms with Crippen LogP contribution in [0.25, 0.3) is 0 Å². The number of hydrogen-bond acceptors (Lipinski definition) is 3. The normalized spacial score (nSPS) is 18.4. The van der Waals surface area contributed by atoms with E-state index in [4.69, 9.17) is 0 Å². The van der Waals surface area contributed by atoms with Crippen LogP contribution >= 0.6 is 0 Å². The monoisotopic (exact) mass is 309 g/mol. The minimum Gasteiger partial charge on any atom is -0.379 e. The fourth-order valence-electron chi connectivity index (χ4n) is 2.86. The van der Waals surface area contributed by atoms with Crippen LogP contribution in [0.2, 0.25) is 0 Å². The van der Waals surface area contributed by atoms with E-state index < -0.39 is 0 Å². The van der Waals surface area contributed by atoms with E-state index in [9.17, 15) is 4.79 Å². The highest BCUT2D eigenvalue weighted by atomic mass is 16.2. The van der Waals surface area contributed by atoms with Gasteiger partial charge in [0.15, 0.2) is 0 Å². The molecule has 1 aliphatic rings. The van der Waals surface area contributed by atoms with Gasteiger partial charge in [-0.2, -0.15) is 0 Å². The van der Waals surface area contributed by atoms with E-state index in [1.807, 2.05) is 42.5 Å². The molecule has 120 valence electrons. The highest BCUT2D eigenvalue weighted by Crippen LogP contribution is 2.21. The quantitative estimate of drug-likeness (QED) is 0.791. The molecule has 2 aromatic carbocycles. The van der Waals surface area contributed by atoms with Crippen LogP contribution in [0.4, 0.5) is 11.4 Å². The third kappa shape index (κ3) is 4.11. The zero-order valence-corrected chi connectivity index (χ0v) is 13.4. The lowest BCUT2D eigenvalue weighted by atomic mass is 10.1. The summed E-state index contributed by atoms with van der Waals surface area (Å²) in [6.45, 7) is 3.06. The van der Waals surface area contributed by atoms with Crippen LogP contribution in [-0.4, -0.2) is 18.5 Å². The summed E-state index contributed by atoms with van der Waals surface area (Å²) in [7, 11) is 0. The molecular weight excluding hydrogens is 286 g/mol. The van der Waals surface area contributed by atoms with Crippen LogP contribution in [0, 0.1) is 0 Å². The minimum absolute atomic E-state index is 0.0501. The van der Waals surface area contributed by atoms with E-state index in [2.05, 4.69) is 35.0 Å². The average molecular weight is 309 g/mol. The molecule has 1 aliphatic heterocycles. The van der Waals surface area contributed by atoms with Gasteiger partial charge < -0.3 is 16.0 Å². The van der Waals surface area contributed by atoms with Gasteiger partial charge in [-0.1, -0.05) is 30.3 Å². The second kappa shape index (κ2) is 7.29. The standard InChI is InChI=1S/C19H23N3O/c1-14(15-6-3-2-4-7-15)21-16-9-11-17(12-10-16)22-19(23)18-8-5-13-20-18/h2-4,6-7,9-12,14,18,20-21H,5,8,13H2,1H3,(H,22,23). The van der Waals surface area contributed by atoms with Gasteiger partial charge in [0.25, 0.3) is 0 Å². The summed E-state index contributed by atoms with van der Waals surface area (Å²) in [5.41, 5.74) is 3.12. The largest absolute Gasteiger partial charge is 0.379 e. The Morgan fingerprint density at radius 1 is 1.09 bits per heavy atom. The molecule has 1 heterocycles. The van der Waals surface area contributed by atoms with E-state index in [-0.39, 0.29) is 18.0 Å². The van der Waals surface area contributed by atoms with E-state index >= 15 is 0 Å². The Morgan fingerprint density at radius 2 is 1.78 bits per heavy atom. The van der Waals surface area contributed by atoms with E-state index in [0.717, 1.165) is 30.8 Å². The van der Waals surface area contributed by atoms with Gasteiger partial charge in [-0.3, -0.25) is 4.79 Å². The molecule has 1 fully saturated rings. The van der Waals surface area contributed by atoms with Crippen molar-refractivity contribution >= 4 is 17.3 Å². The predicted molar refractivity (Wildman–Crippen MR) is 94.6 cm³/mol. The van der Waals surface area contributed by atoms with Crippen molar-refractivity contribution in [3.05, 3.63) is 60.2 Å². The Bertz CT molecular complexity index is 633. The van der Waals surface area contributed by atoms with Crippen molar-refractivity contribution in [3.63, 3.8) is 0 Å². The molecule has 1 amide bonds. The molecular formula is C19H23N3O. The van der Waals surface area contributed by atoms with Crippen LogP contribution in [0.15, 0.2) is 54.6 Å². The maximum absolute atomic E-state index is 12.1. The summed E-state index contributed by atoms with van der Waals surface area (Å²) in [4.78, 5) is 12.1. The number of amides is 1. The first-order valence-corrected chi connectivity index (χ1v) is 8.18. The SMILES string of the molecule is CC(Nc1ccc(NC(=O)C2CCCN2)cc1)c1ccccc1. The lowest BCUT2D eigenvalue weighted by Crippen LogP contribution is -2.35. The second-order valence-electron chi connectivity index (χ2n) is 5.99. The molecule has 0 spiro atoms. The third-order valence-corrected chi connectivity index (χ3v) is 4.21. The molecule has 3 N–H and O–H groups in total. The van der Waals surface area contributed by atoms with Crippen molar-refractivity contribution in [1.29, 1.82) is 0 Å². The van der Waals surface area contributed by atoms with Gasteiger partial charge in [-0.05, 0) is 56.1 Å². The zero-order chi connectivity index (χ0) is 16.1. The molecule has 0 saturated carbocycles. The summed E-state index contributed by atoms with van der Waals surface area (Å²) < 4.78 is 0. The van der Waals surface area contributed by atoms with Gasteiger partial charge in [0, 0.05) is 17.4 Å². The van der Waals surface area contributed by atoms with Crippen molar-refractivity contribution < 1.29 is 4.79 Å². The van der Waals surface area contributed by atoms with Crippen molar-refractivity contribution in [2.75, 3.05) is 17.2 Å². The fourth-order valence-corrected chi connectivity index (χ4v) is 2.86. The Kier molecular flexibility index (Phi) is 4.93. The smallest absolute Gasteiger partial charge is 0.241 e. The molecule has 0 aliphatic carbocycles. The molecule has 0 bridgehead atoms. The van der Waals surface area contributed by atoms with Crippen LogP contribution < -0.4 is 16.0 Å². The van der Waals surface area contributed by atoms with Crippen molar-refractivity contribution in [2.24, 2.45) is 0 Å². The number of anilines is 2. The van der Waals surface area contributed by atoms with Gasteiger partial charge in [0.05, 0.1) is 6.04 Å². The highest BCUT2D eigenvalue weighted by molar-refractivity contribution is 5.95. The Labute approximate surface area is 137 Å². The molecule has 1 saturated heterocycles. The van der Waals surface area contributed by atoms with Gasteiger partial charge >= 0.3 is 0 Å². The van der Waals surface area contributed by atoms with Gasteiger partial charge in [-0.15, -0.1) is 0 Å². The fraction of sp³-hybridized carbons (Fsp3) is 0.316. The van der Waals surface area contributed by atoms with Gasteiger partial charge in [-0.25, -0.2) is 0 Å². The van der Waals surface area contributed by atoms with Gasteiger partial charge in [0.2, 0.25) is 5.91 Å². The van der Waals surface area contributed by atoms with Crippen molar-refractivity contribution in [2.45, 2.75) is 31.8 Å². The summed E-state index contributed by atoms with van der Waals surface area (Å²) in [5, 5.41) is 9.64. The number of hydrogen-bond donors (Lipinski definition) is 3. The third-order valence-electron chi connectivity index (χ3n) is 4.21. The average Bonchev–Trinajstić information content (AvgIpc) is 3.12. The summed E-state index contributed by atoms with van der Waals surface area (Å²) in [5.74, 6) is 0.0564. The summed E-state index contributed by atoms with van der Waals surface area (Å²) in [6, 6.07) is 18.4. The molecule has 3 rings (SSSR count). The predicted octanol–water partition coefficient (Wildman–Crippen LogP) is 3.55. The first kappa shape index (κ1) is 15.6. The first-order valence-electron chi connectivity index (χ1n) is 8.18. The molecule has 2 unspecified atom stereocenters. The number of rotatable bonds is 5. The molecule has 2 atom stereocenters. The number of benzene rings is 2. The lowest BCUT2D eigenvalue weighted by molar-refractivity contribution is -0.117. The molecule has 0 radical (unpaired) electrons. The maximum Gasteiger partial charge on any atom is 0.241 e. The molecule has 2 aromatic rings. The van der Waals surface area contributed by atoms with Crippen LogP contribution in [0.1, 0.15) is 31.4 Å². The van der Waals surface area contributed by atoms with Crippen molar-refractivity contribution in [1.82, 2.24) is 5.32 Å². The van der Waals surface area contributed by atoms with E-state index in [1.165, 1.54) is 5.56 Å². The molecule has 4 nitrogen and oxygen atoms in total. The Morgan fingerprint density at radius 3 is 2.43 bits per heavy atom. The highest BCUT2D eigenvalue weighted by Gasteiger charge is 2.21. The number of carbonyl (C=O) groups is 1. The van der Waals surface area contributed by atoms with E-state index in [1.54, 1.807) is 0 Å².